The van der Waals surface area contributed by atoms with E-state index in [1.165, 1.54) is 0 Å². The number of nitrogens with one attached hydrogen (secondary N) is 3. The summed E-state index contributed by atoms with van der Waals surface area (Å²) in [7, 11) is 0. The maximum Gasteiger partial charge on any atom is 0.338 e. The maximum absolute atomic E-state index is 11.8. The van der Waals surface area contributed by atoms with Gasteiger partial charge in [-0.05, 0) is 31.5 Å². The van der Waals surface area contributed by atoms with E-state index in [0.717, 1.165) is 5.56 Å². The molecule has 0 fully saturated rings. The molecule has 0 radical (unpaired) electrons. The molecule has 1 aromatic carbocycles. The molecule has 0 unspecified atom stereocenters. The van der Waals surface area contributed by atoms with Crippen LogP contribution in [0.15, 0.2) is 24.3 Å². The van der Waals surface area contributed by atoms with Crippen molar-refractivity contribution in [1.82, 2.24) is 16.0 Å². The molecule has 0 aromatic heterocycles. The predicted molar refractivity (Wildman–Crippen MR) is 89.1 cm³/mol. The highest BCUT2D eigenvalue weighted by molar-refractivity contribution is 5.91. The third-order valence-electron chi connectivity index (χ3n) is 2.78. The topological polar surface area (TPSA) is 96.5 Å². The second kappa shape index (κ2) is 9.90. The number of hydrogen-bond donors (Lipinski definition) is 3. The molecule has 0 bridgehead atoms. The molecule has 0 saturated heterocycles. The summed E-state index contributed by atoms with van der Waals surface area (Å²) in [6.45, 7) is 3.77. The number of urea groups is 1. The summed E-state index contributed by atoms with van der Waals surface area (Å²) in [5.74, 6) is 1.18. The fourth-order valence-electron chi connectivity index (χ4n) is 1.67. The summed E-state index contributed by atoms with van der Waals surface area (Å²) in [6, 6.07) is 6.33. The van der Waals surface area contributed by atoms with Gasteiger partial charge in [0.25, 0.3) is 5.91 Å². The first-order valence-corrected chi connectivity index (χ1v) is 7.43. The summed E-state index contributed by atoms with van der Waals surface area (Å²) in [5.41, 5.74) is 1.15. The average Bonchev–Trinajstić information content (AvgIpc) is 2.55. The van der Waals surface area contributed by atoms with Gasteiger partial charge in [-0.25, -0.2) is 9.59 Å². The minimum Gasteiger partial charge on any atom is -0.452 e. The highest BCUT2D eigenvalue weighted by Crippen LogP contribution is 2.06. The first-order valence-electron chi connectivity index (χ1n) is 7.43. The summed E-state index contributed by atoms with van der Waals surface area (Å²) in [4.78, 5) is 34.6. The number of carbonyl (C=O) groups excluding carboxylic acids is 3. The molecule has 0 saturated carbocycles. The van der Waals surface area contributed by atoms with Crippen LogP contribution in [0.25, 0.3) is 0 Å². The molecule has 7 nitrogen and oxygen atoms in total. The van der Waals surface area contributed by atoms with Crippen molar-refractivity contribution >= 4 is 17.9 Å². The van der Waals surface area contributed by atoms with Gasteiger partial charge in [0.1, 0.15) is 0 Å². The lowest BCUT2D eigenvalue weighted by atomic mass is 10.1. The van der Waals surface area contributed by atoms with Gasteiger partial charge in [0, 0.05) is 12.6 Å². The lowest BCUT2D eigenvalue weighted by molar-refractivity contribution is -0.123. The highest BCUT2D eigenvalue weighted by atomic mass is 16.5. The smallest absolute Gasteiger partial charge is 0.338 e. The summed E-state index contributed by atoms with van der Waals surface area (Å²) in [6.07, 6.45) is 5.00. The minimum atomic E-state index is -0.608. The number of terminal acetylenes is 1. The lowest BCUT2D eigenvalue weighted by Crippen LogP contribution is -2.39. The first-order chi connectivity index (χ1) is 11.4. The maximum atomic E-state index is 11.8. The molecule has 7 heteroatoms. The SMILES string of the molecule is C#CCNC(=O)COC(=O)c1ccc(CNC(=O)NC(C)C)cc1. The van der Waals surface area contributed by atoms with Gasteiger partial charge in [-0.1, -0.05) is 18.1 Å². The van der Waals surface area contributed by atoms with Crippen LogP contribution >= 0.6 is 0 Å². The molecule has 1 rings (SSSR count). The van der Waals surface area contributed by atoms with Crippen molar-refractivity contribution in [2.45, 2.75) is 26.4 Å². The van der Waals surface area contributed by atoms with Crippen molar-refractivity contribution in [3.63, 3.8) is 0 Å². The molecule has 3 amide bonds. The first kappa shape index (κ1) is 19.0. The van der Waals surface area contributed by atoms with Crippen molar-refractivity contribution in [2.75, 3.05) is 13.2 Å². The van der Waals surface area contributed by atoms with Crippen molar-refractivity contribution in [3.8, 4) is 12.3 Å². The van der Waals surface area contributed by atoms with Gasteiger partial charge in [-0.3, -0.25) is 4.79 Å². The van der Waals surface area contributed by atoms with E-state index >= 15 is 0 Å². The van der Waals surface area contributed by atoms with Crippen LogP contribution < -0.4 is 16.0 Å². The quantitative estimate of drug-likeness (QED) is 0.509. The number of esters is 1. The predicted octanol–water partition coefficient (Wildman–Crippen LogP) is 0.800. The number of rotatable bonds is 7. The Balaban J connectivity index is 2.43. The third kappa shape index (κ3) is 7.31. The average molecular weight is 331 g/mol. The van der Waals surface area contributed by atoms with Crippen LogP contribution in [0.2, 0.25) is 0 Å². The molecule has 3 N–H and O–H groups in total. The molecule has 0 aliphatic heterocycles. The van der Waals surface area contributed by atoms with E-state index < -0.39 is 11.9 Å². The molecular weight excluding hydrogens is 310 g/mol. The van der Waals surface area contributed by atoms with Crippen LogP contribution in [0.5, 0.6) is 0 Å². The van der Waals surface area contributed by atoms with Crippen LogP contribution in [0, 0.1) is 12.3 Å². The fraction of sp³-hybridized carbons (Fsp3) is 0.353. The molecule has 128 valence electrons. The van der Waals surface area contributed by atoms with Crippen LogP contribution in [-0.2, 0) is 16.1 Å². The zero-order valence-corrected chi connectivity index (χ0v) is 13.7. The van der Waals surface area contributed by atoms with Gasteiger partial charge in [0.15, 0.2) is 6.61 Å². The van der Waals surface area contributed by atoms with Crippen LogP contribution in [0.3, 0.4) is 0 Å². The van der Waals surface area contributed by atoms with Crippen molar-refractivity contribution < 1.29 is 19.1 Å². The number of benzene rings is 1. The van der Waals surface area contributed by atoms with Gasteiger partial charge >= 0.3 is 12.0 Å². The Kier molecular flexibility index (Phi) is 7.85. The molecule has 0 aliphatic carbocycles. The van der Waals surface area contributed by atoms with Gasteiger partial charge in [0.2, 0.25) is 0 Å². The fourth-order valence-corrected chi connectivity index (χ4v) is 1.67. The van der Waals surface area contributed by atoms with Gasteiger partial charge < -0.3 is 20.7 Å². The molecule has 0 heterocycles. The van der Waals surface area contributed by atoms with E-state index in [0.29, 0.717) is 12.1 Å². The number of hydrogen-bond acceptors (Lipinski definition) is 4. The second-order valence-electron chi connectivity index (χ2n) is 5.24. The van der Waals surface area contributed by atoms with Crippen LogP contribution in [-0.4, -0.2) is 37.1 Å². The molecule has 0 aliphatic rings. The third-order valence-corrected chi connectivity index (χ3v) is 2.78. The van der Waals surface area contributed by atoms with E-state index in [9.17, 15) is 14.4 Å². The summed E-state index contributed by atoms with van der Waals surface area (Å²) < 4.78 is 4.87. The van der Waals surface area contributed by atoms with Crippen molar-refractivity contribution in [2.24, 2.45) is 0 Å². The van der Waals surface area contributed by atoms with E-state index in [-0.39, 0.29) is 25.2 Å². The summed E-state index contributed by atoms with van der Waals surface area (Å²) in [5, 5.41) is 7.80. The molecule has 0 atom stereocenters. The van der Waals surface area contributed by atoms with E-state index in [1.54, 1.807) is 24.3 Å². The van der Waals surface area contributed by atoms with E-state index in [1.807, 2.05) is 13.8 Å². The van der Waals surface area contributed by atoms with Crippen LogP contribution in [0.4, 0.5) is 4.79 Å². The Morgan fingerprint density at radius 2 is 1.83 bits per heavy atom. The Hall–Kier alpha value is -3.01. The monoisotopic (exact) mass is 331 g/mol. The normalized spacial score (nSPS) is 9.75. The zero-order chi connectivity index (χ0) is 17.9. The van der Waals surface area contributed by atoms with E-state index in [4.69, 9.17) is 11.2 Å². The van der Waals surface area contributed by atoms with E-state index in [2.05, 4.69) is 21.9 Å². The number of ether oxygens (including phenoxy) is 1. The largest absolute Gasteiger partial charge is 0.452 e. The van der Waals surface area contributed by atoms with Crippen molar-refractivity contribution in [3.05, 3.63) is 35.4 Å². The Morgan fingerprint density at radius 1 is 1.17 bits per heavy atom. The molecule has 24 heavy (non-hydrogen) atoms. The zero-order valence-electron chi connectivity index (χ0n) is 13.7. The highest BCUT2D eigenvalue weighted by Gasteiger charge is 2.10. The molecule has 0 spiro atoms. The van der Waals surface area contributed by atoms with Gasteiger partial charge in [-0.2, -0.15) is 0 Å². The summed E-state index contributed by atoms with van der Waals surface area (Å²) >= 11 is 0. The standard InChI is InChI=1S/C17H21N3O4/c1-4-9-18-15(21)11-24-16(22)14-7-5-13(6-8-14)10-19-17(23)20-12(2)3/h1,5-8,12H,9-11H2,2-3H3,(H,18,21)(H2,19,20,23). The van der Waals surface area contributed by atoms with Crippen molar-refractivity contribution in [1.29, 1.82) is 0 Å². The lowest BCUT2D eigenvalue weighted by Gasteiger charge is -2.10. The molecular formula is C17H21N3O4. The number of carbonyl (C=O) groups is 3. The van der Waals surface area contributed by atoms with Crippen LogP contribution in [0.1, 0.15) is 29.8 Å². The Morgan fingerprint density at radius 3 is 2.42 bits per heavy atom. The minimum absolute atomic E-state index is 0.0555. The Labute approximate surface area is 141 Å². The second-order valence-corrected chi connectivity index (χ2v) is 5.24. The van der Waals surface area contributed by atoms with Gasteiger partial charge in [0.05, 0.1) is 12.1 Å². The number of amides is 3. The van der Waals surface area contributed by atoms with Gasteiger partial charge in [-0.15, -0.1) is 6.42 Å². The molecule has 1 aromatic rings. The Bertz CT molecular complexity index is 618.